The van der Waals surface area contributed by atoms with Gasteiger partial charge in [-0.3, -0.25) is 4.79 Å². The first-order valence-corrected chi connectivity index (χ1v) is 7.62. The quantitative estimate of drug-likeness (QED) is 0.594. The molecule has 0 bridgehead atoms. The summed E-state index contributed by atoms with van der Waals surface area (Å²) >= 11 is 0. The molecule has 3 nitrogen and oxygen atoms in total. The maximum Gasteiger partial charge on any atom is 0.198 e. The summed E-state index contributed by atoms with van der Waals surface area (Å²) in [7, 11) is 0. The number of pyridine rings is 1. The third-order valence-electron chi connectivity index (χ3n) is 4.10. The lowest BCUT2D eigenvalue weighted by Crippen LogP contribution is -2.07. The van der Waals surface area contributed by atoms with Gasteiger partial charge < -0.3 is 5.32 Å². The molecule has 1 N–H and O–H groups in total. The van der Waals surface area contributed by atoms with Crippen LogP contribution in [-0.4, -0.2) is 17.3 Å². The second kappa shape index (κ2) is 6.01. The van der Waals surface area contributed by atoms with E-state index < -0.39 is 0 Å². The van der Waals surface area contributed by atoms with Crippen molar-refractivity contribution in [2.75, 3.05) is 11.9 Å². The lowest BCUT2D eigenvalue weighted by atomic mass is 10.0. The molecular weight excluding hydrogens is 308 g/mol. The van der Waals surface area contributed by atoms with Gasteiger partial charge in [-0.2, -0.15) is 0 Å². The van der Waals surface area contributed by atoms with Crippen molar-refractivity contribution in [2.24, 2.45) is 0 Å². The molecule has 4 heteroatoms. The maximum absolute atomic E-state index is 12.8. The molecule has 0 saturated carbocycles. The van der Waals surface area contributed by atoms with Gasteiger partial charge in [0.2, 0.25) is 0 Å². The van der Waals surface area contributed by atoms with E-state index in [4.69, 9.17) is 4.98 Å². The van der Waals surface area contributed by atoms with E-state index in [0.29, 0.717) is 5.56 Å². The average molecular weight is 325 g/mol. The molecule has 23 heavy (non-hydrogen) atoms. The van der Waals surface area contributed by atoms with Crippen LogP contribution < -0.4 is 5.32 Å². The summed E-state index contributed by atoms with van der Waals surface area (Å²) in [5.74, 6) is 0.0717. The molecule has 0 fully saturated rings. The minimum atomic E-state index is 0. The van der Waals surface area contributed by atoms with Gasteiger partial charge in [0, 0.05) is 23.1 Å². The van der Waals surface area contributed by atoms with E-state index in [9.17, 15) is 4.79 Å². The number of anilines is 1. The molecule has 0 amide bonds. The number of halogens is 1. The number of ketones is 1. The van der Waals surface area contributed by atoms with Crippen LogP contribution in [0, 0.1) is 0 Å². The Hall–Kier alpha value is -2.39. The van der Waals surface area contributed by atoms with E-state index in [1.807, 2.05) is 48.5 Å². The molecule has 0 atom stereocenters. The summed E-state index contributed by atoms with van der Waals surface area (Å²) in [6.45, 7) is 2.96. The first-order chi connectivity index (χ1) is 10.8. The lowest BCUT2D eigenvalue weighted by molar-refractivity contribution is 0.104. The number of fused-ring (bicyclic) bond motifs is 4. The average Bonchev–Trinajstić information content (AvgIpc) is 2.85. The molecule has 0 radical (unpaired) electrons. The van der Waals surface area contributed by atoms with Gasteiger partial charge in [0.05, 0.1) is 22.5 Å². The van der Waals surface area contributed by atoms with Crippen LogP contribution in [0.1, 0.15) is 29.3 Å². The lowest BCUT2D eigenvalue weighted by Gasteiger charge is -2.13. The van der Waals surface area contributed by atoms with Gasteiger partial charge in [-0.1, -0.05) is 49.4 Å². The highest BCUT2D eigenvalue weighted by atomic mass is 35.5. The Morgan fingerprint density at radius 3 is 2.48 bits per heavy atom. The van der Waals surface area contributed by atoms with Crippen LogP contribution in [0.4, 0.5) is 5.69 Å². The molecule has 2 aromatic carbocycles. The smallest absolute Gasteiger partial charge is 0.198 e. The van der Waals surface area contributed by atoms with Crippen molar-refractivity contribution in [3.05, 3.63) is 59.7 Å². The number of nitrogens with zero attached hydrogens (tertiary/aromatic N) is 1. The van der Waals surface area contributed by atoms with E-state index in [1.165, 1.54) is 0 Å². The zero-order valence-corrected chi connectivity index (χ0v) is 13.6. The topological polar surface area (TPSA) is 42.0 Å². The first kappa shape index (κ1) is 15.5. The Labute approximate surface area is 141 Å². The SMILES string of the molecule is CCCNc1c2c(nc3ccccc13)-c1ccccc1C2=O.Cl. The number of carbonyl (C=O) groups is 1. The highest BCUT2D eigenvalue weighted by molar-refractivity contribution is 6.26. The molecule has 116 valence electrons. The number of carbonyl (C=O) groups excluding carboxylic acids is 1. The molecule has 0 unspecified atom stereocenters. The Morgan fingerprint density at radius 1 is 1.00 bits per heavy atom. The maximum atomic E-state index is 12.8. The van der Waals surface area contributed by atoms with Crippen molar-refractivity contribution in [3.8, 4) is 11.3 Å². The van der Waals surface area contributed by atoms with E-state index in [-0.39, 0.29) is 18.2 Å². The van der Waals surface area contributed by atoms with Crippen LogP contribution in [-0.2, 0) is 0 Å². The summed E-state index contributed by atoms with van der Waals surface area (Å²) in [6, 6.07) is 15.7. The Balaban J connectivity index is 0.00000156. The summed E-state index contributed by atoms with van der Waals surface area (Å²) in [5.41, 5.74) is 5.05. The fraction of sp³-hybridized carbons (Fsp3) is 0.158. The molecule has 1 aliphatic carbocycles. The second-order valence-electron chi connectivity index (χ2n) is 5.53. The summed E-state index contributed by atoms with van der Waals surface area (Å²) in [6.07, 6.45) is 1.01. The first-order valence-electron chi connectivity index (χ1n) is 7.62. The van der Waals surface area contributed by atoms with Crippen molar-refractivity contribution in [1.82, 2.24) is 4.98 Å². The van der Waals surface area contributed by atoms with Gasteiger partial charge in [-0.25, -0.2) is 4.98 Å². The summed E-state index contributed by atoms with van der Waals surface area (Å²) in [5, 5.41) is 4.45. The number of aromatic nitrogens is 1. The van der Waals surface area contributed by atoms with Gasteiger partial charge >= 0.3 is 0 Å². The normalized spacial score (nSPS) is 11.8. The largest absolute Gasteiger partial charge is 0.384 e. The molecule has 4 rings (SSSR count). The van der Waals surface area contributed by atoms with Crippen LogP contribution in [0.2, 0.25) is 0 Å². The number of rotatable bonds is 3. The molecule has 0 spiro atoms. The van der Waals surface area contributed by atoms with Crippen LogP contribution in [0.15, 0.2) is 48.5 Å². The van der Waals surface area contributed by atoms with Crippen molar-refractivity contribution in [1.29, 1.82) is 0 Å². The van der Waals surface area contributed by atoms with Crippen molar-refractivity contribution in [2.45, 2.75) is 13.3 Å². The molecule has 1 aromatic heterocycles. The third-order valence-corrected chi connectivity index (χ3v) is 4.10. The standard InChI is InChI=1S/C19H16N2O.ClH/c1-2-11-20-17-14-9-5-6-10-15(14)21-18-12-7-3-4-8-13(12)19(22)16(17)18;/h3-10H,2,11H2,1H3,(H,20,21);1H. The summed E-state index contributed by atoms with van der Waals surface area (Å²) < 4.78 is 0. The van der Waals surface area contributed by atoms with Gasteiger partial charge in [-0.05, 0) is 12.5 Å². The Morgan fingerprint density at radius 2 is 1.70 bits per heavy atom. The van der Waals surface area contributed by atoms with Gasteiger partial charge in [0.1, 0.15) is 0 Å². The van der Waals surface area contributed by atoms with E-state index in [0.717, 1.165) is 46.4 Å². The highest BCUT2D eigenvalue weighted by Crippen LogP contribution is 2.41. The van der Waals surface area contributed by atoms with Crippen molar-refractivity contribution < 1.29 is 4.79 Å². The van der Waals surface area contributed by atoms with Crippen LogP contribution >= 0.6 is 12.4 Å². The van der Waals surface area contributed by atoms with Crippen LogP contribution in [0.5, 0.6) is 0 Å². The number of para-hydroxylation sites is 1. The van der Waals surface area contributed by atoms with Crippen molar-refractivity contribution in [3.63, 3.8) is 0 Å². The second-order valence-corrected chi connectivity index (χ2v) is 5.53. The predicted octanol–water partition coefficient (Wildman–Crippen LogP) is 4.69. The van der Waals surface area contributed by atoms with Crippen LogP contribution in [0.3, 0.4) is 0 Å². The van der Waals surface area contributed by atoms with Gasteiger partial charge in [-0.15, -0.1) is 12.4 Å². The molecular formula is C19H17ClN2O. The predicted molar refractivity (Wildman–Crippen MR) is 96.6 cm³/mol. The Bertz CT molecular complexity index is 905. The number of nitrogens with one attached hydrogen (secondary N) is 1. The number of benzene rings is 2. The summed E-state index contributed by atoms with van der Waals surface area (Å²) in [4.78, 5) is 17.6. The zero-order chi connectivity index (χ0) is 15.1. The number of hydrogen-bond donors (Lipinski definition) is 1. The van der Waals surface area contributed by atoms with E-state index in [2.05, 4.69) is 12.2 Å². The molecule has 1 aliphatic rings. The number of hydrogen-bond acceptors (Lipinski definition) is 3. The van der Waals surface area contributed by atoms with Crippen LogP contribution in [0.25, 0.3) is 22.2 Å². The molecule has 3 aromatic rings. The third kappa shape index (κ3) is 2.28. The van der Waals surface area contributed by atoms with E-state index in [1.54, 1.807) is 0 Å². The van der Waals surface area contributed by atoms with Crippen molar-refractivity contribution >= 4 is 34.8 Å². The minimum Gasteiger partial charge on any atom is -0.384 e. The van der Waals surface area contributed by atoms with Gasteiger partial charge in [0.15, 0.2) is 5.78 Å². The zero-order valence-electron chi connectivity index (χ0n) is 12.8. The fourth-order valence-corrected chi connectivity index (χ4v) is 3.08. The molecule has 0 saturated heterocycles. The molecule has 1 heterocycles. The van der Waals surface area contributed by atoms with E-state index >= 15 is 0 Å². The Kier molecular flexibility index (Phi) is 4.05. The minimum absolute atomic E-state index is 0. The molecule has 0 aliphatic heterocycles. The monoisotopic (exact) mass is 324 g/mol. The fourth-order valence-electron chi connectivity index (χ4n) is 3.08. The van der Waals surface area contributed by atoms with Gasteiger partial charge in [0.25, 0.3) is 0 Å². The highest BCUT2D eigenvalue weighted by Gasteiger charge is 2.31.